The maximum Gasteiger partial charge on any atom is 0.347 e. The van der Waals surface area contributed by atoms with E-state index in [4.69, 9.17) is 27.1 Å². The Bertz CT molecular complexity index is 1750. The molecule has 5 rings (SSSR count). The average molecular weight is 672 g/mol. The van der Waals surface area contributed by atoms with Gasteiger partial charge in [0.15, 0.2) is 10.8 Å². The van der Waals surface area contributed by atoms with Crippen molar-refractivity contribution in [1.29, 1.82) is 0 Å². The number of anilines is 3. The van der Waals surface area contributed by atoms with E-state index in [2.05, 4.69) is 20.4 Å². The standard InChI is InChI=1S/C26H25N9O7S3/c1-11(23(38)39)42-33-17(14-10-44-25(29)30-14)20(36)32-18-21(37)35-19(24(40)41)12(8-43-22(18)35)9-45-26-31-15(27)7-16(28)34(26)13-5-3-2-4-6-13/h2-7,10-11,18,22H,8-9H2,1H3,(H8,27,28,29,30,32,36,38,39,40,41)/b33-17-/t11?,18?,22-/m1/s1. The summed E-state index contributed by atoms with van der Waals surface area (Å²) in [6.07, 6.45) is -1.38. The number of hydrogen-bond donors (Lipinski definition) is 5. The van der Waals surface area contributed by atoms with Gasteiger partial charge in [0.2, 0.25) is 17.7 Å². The van der Waals surface area contributed by atoms with Crippen LogP contribution in [-0.2, 0) is 24.0 Å². The number of nitrogens with zero attached hydrogens (tertiary/aromatic N) is 5. The fraction of sp³-hybridized carbons (Fsp3) is 0.231. The van der Waals surface area contributed by atoms with Crippen LogP contribution < -0.4 is 32.2 Å². The second-order valence-corrected chi connectivity index (χ2v) is 12.5. The number of aromatic nitrogens is 3. The van der Waals surface area contributed by atoms with Gasteiger partial charge in [0.1, 0.15) is 22.8 Å². The Balaban J connectivity index is 1.35. The highest BCUT2D eigenvalue weighted by atomic mass is 32.2. The van der Waals surface area contributed by atoms with Crippen molar-refractivity contribution in [3.05, 3.63) is 58.7 Å². The number of β-lactam (4-membered cyclic amide) rings is 1. The summed E-state index contributed by atoms with van der Waals surface area (Å²) in [6.45, 7) is 1.21. The van der Waals surface area contributed by atoms with Crippen molar-refractivity contribution in [2.45, 2.75) is 29.6 Å². The zero-order chi connectivity index (χ0) is 32.4. The smallest absolute Gasteiger partial charge is 0.347 e. The minimum Gasteiger partial charge on any atom is -0.543 e. The van der Waals surface area contributed by atoms with Crippen molar-refractivity contribution < 1.29 is 38.8 Å². The number of nitrogens with two attached hydrogens (primary N) is 3. The summed E-state index contributed by atoms with van der Waals surface area (Å²) < 4.78 is 1.68. The zero-order valence-corrected chi connectivity index (χ0v) is 25.7. The minimum absolute atomic E-state index is 0.00526. The SMILES string of the molecule is CC(O/N=C(\C(=O)NC1C(=O)N2C(C(=O)[O-])=C(CSc3nc(N)cc(N)[n+]3-c3ccccc3)CS[C@H]12)c1csc(N)n1)C(=O)O. The minimum atomic E-state index is -1.55. The second kappa shape index (κ2) is 13.0. The molecule has 8 N–H and O–H groups in total. The van der Waals surface area contributed by atoms with Crippen LogP contribution in [0.4, 0.5) is 16.8 Å². The molecule has 2 aliphatic heterocycles. The van der Waals surface area contributed by atoms with Gasteiger partial charge in [-0.3, -0.25) is 14.5 Å². The van der Waals surface area contributed by atoms with Gasteiger partial charge in [-0.15, -0.1) is 23.1 Å². The molecule has 1 saturated heterocycles. The van der Waals surface area contributed by atoms with Crippen molar-refractivity contribution in [2.24, 2.45) is 5.16 Å². The van der Waals surface area contributed by atoms with E-state index >= 15 is 0 Å². The molecule has 2 aromatic heterocycles. The molecule has 2 aliphatic rings. The molecular formula is C26H25N9O7S3. The topological polar surface area (TPSA) is 256 Å². The molecule has 0 spiro atoms. The molecule has 0 bridgehead atoms. The van der Waals surface area contributed by atoms with Crippen LogP contribution >= 0.6 is 34.9 Å². The Kier molecular flexibility index (Phi) is 9.11. The molecule has 19 heteroatoms. The highest BCUT2D eigenvalue weighted by Gasteiger charge is 2.53. The summed E-state index contributed by atoms with van der Waals surface area (Å²) in [5.41, 5.74) is 18.3. The normalized spacial score (nSPS) is 18.6. The van der Waals surface area contributed by atoms with Crippen LogP contribution in [0, 0.1) is 0 Å². The third kappa shape index (κ3) is 6.49. The lowest BCUT2D eigenvalue weighted by atomic mass is 10.0. The maximum absolute atomic E-state index is 13.2. The number of carbonyl (C=O) groups is 4. The third-order valence-electron chi connectivity index (χ3n) is 6.52. The number of carboxylic acid groups (broad SMARTS) is 2. The van der Waals surface area contributed by atoms with Gasteiger partial charge in [-0.2, -0.15) is 4.57 Å². The first-order valence-electron chi connectivity index (χ1n) is 13.0. The van der Waals surface area contributed by atoms with E-state index in [0.717, 1.165) is 21.9 Å². The summed E-state index contributed by atoms with van der Waals surface area (Å²) >= 11 is 3.44. The van der Waals surface area contributed by atoms with E-state index in [0.29, 0.717) is 16.5 Å². The van der Waals surface area contributed by atoms with E-state index in [1.807, 2.05) is 30.3 Å². The Morgan fingerprint density at radius 3 is 2.64 bits per heavy atom. The molecule has 4 heterocycles. The van der Waals surface area contributed by atoms with Crippen LogP contribution in [0.3, 0.4) is 0 Å². The number of benzene rings is 1. The molecular weight excluding hydrogens is 647 g/mol. The molecule has 234 valence electrons. The van der Waals surface area contributed by atoms with Crippen molar-refractivity contribution in [3.8, 4) is 5.69 Å². The summed E-state index contributed by atoms with van der Waals surface area (Å²) in [5, 5.41) is 28.8. The van der Waals surface area contributed by atoms with E-state index in [-0.39, 0.29) is 33.8 Å². The molecule has 45 heavy (non-hydrogen) atoms. The quantitative estimate of drug-likeness (QED) is 0.0407. The molecule has 3 aromatic rings. The van der Waals surface area contributed by atoms with Gasteiger partial charge in [0.05, 0.1) is 17.7 Å². The van der Waals surface area contributed by atoms with Gasteiger partial charge in [-0.1, -0.05) is 28.3 Å². The van der Waals surface area contributed by atoms with Crippen LogP contribution in [0.25, 0.3) is 5.69 Å². The van der Waals surface area contributed by atoms with Crippen LogP contribution in [0.1, 0.15) is 12.6 Å². The van der Waals surface area contributed by atoms with Crippen molar-refractivity contribution in [2.75, 3.05) is 28.7 Å². The van der Waals surface area contributed by atoms with E-state index in [9.17, 15) is 24.3 Å². The lowest BCUT2D eigenvalue weighted by molar-refractivity contribution is -0.626. The van der Waals surface area contributed by atoms with Gasteiger partial charge in [0, 0.05) is 16.9 Å². The van der Waals surface area contributed by atoms with Gasteiger partial charge < -0.3 is 42.4 Å². The van der Waals surface area contributed by atoms with Crippen molar-refractivity contribution >= 4 is 81.1 Å². The van der Waals surface area contributed by atoms with Crippen molar-refractivity contribution in [3.63, 3.8) is 0 Å². The molecule has 3 atom stereocenters. The molecule has 2 unspecified atom stereocenters. The molecule has 1 fully saturated rings. The molecule has 0 aliphatic carbocycles. The monoisotopic (exact) mass is 671 g/mol. The predicted octanol–water partition coefficient (Wildman–Crippen LogP) is -1.05. The number of thioether (sulfide) groups is 2. The molecule has 2 amide bonds. The molecule has 0 saturated carbocycles. The highest BCUT2D eigenvalue weighted by molar-refractivity contribution is 8.01. The molecule has 1 aromatic carbocycles. The summed E-state index contributed by atoms with van der Waals surface area (Å²) in [6, 6.07) is 9.55. The number of rotatable bonds is 11. The van der Waals surface area contributed by atoms with Gasteiger partial charge >= 0.3 is 11.1 Å². The van der Waals surface area contributed by atoms with Crippen LogP contribution in [0.5, 0.6) is 0 Å². The van der Waals surface area contributed by atoms with Crippen molar-refractivity contribution in [1.82, 2.24) is 20.2 Å². The Morgan fingerprint density at radius 1 is 1.27 bits per heavy atom. The maximum atomic E-state index is 13.2. The fourth-order valence-corrected chi connectivity index (χ4v) is 7.45. The van der Waals surface area contributed by atoms with E-state index < -0.39 is 47.0 Å². The predicted molar refractivity (Wildman–Crippen MR) is 164 cm³/mol. The number of oxime groups is 1. The average Bonchev–Trinajstić information content (AvgIpc) is 3.43. The summed E-state index contributed by atoms with van der Waals surface area (Å²) in [7, 11) is 0. The summed E-state index contributed by atoms with van der Waals surface area (Å²) in [5.74, 6) is -3.64. The number of fused-ring (bicyclic) bond motifs is 1. The molecule has 16 nitrogen and oxygen atoms in total. The lowest BCUT2D eigenvalue weighted by Crippen LogP contribution is -2.71. The Hall–Kier alpha value is -4.88. The van der Waals surface area contributed by atoms with Crippen LogP contribution in [-0.4, -0.2) is 78.5 Å². The number of nitrogens with one attached hydrogen (secondary N) is 1. The molecule has 0 radical (unpaired) electrons. The van der Waals surface area contributed by atoms with E-state index in [1.54, 1.807) is 4.57 Å². The fourth-order valence-electron chi connectivity index (χ4n) is 4.37. The van der Waals surface area contributed by atoms with E-state index in [1.165, 1.54) is 41.9 Å². The van der Waals surface area contributed by atoms with Crippen LogP contribution in [0.2, 0.25) is 0 Å². The number of aliphatic carboxylic acids is 2. The summed E-state index contributed by atoms with van der Waals surface area (Å²) in [4.78, 5) is 64.3. The number of carboxylic acids is 2. The van der Waals surface area contributed by atoms with Gasteiger partial charge in [0.25, 0.3) is 11.8 Å². The largest absolute Gasteiger partial charge is 0.543 e. The third-order valence-corrected chi connectivity index (χ3v) is 9.55. The Labute approximate surface area is 267 Å². The first kappa shape index (κ1) is 31.5. The number of carbonyl (C=O) groups excluding carboxylic acids is 3. The second-order valence-electron chi connectivity index (χ2n) is 9.55. The van der Waals surface area contributed by atoms with Gasteiger partial charge in [-0.05, 0) is 36.4 Å². The zero-order valence-electron chi connectivity index (χ0n) is 23.3. The Morgan fingerprint density at radius 2 is 2.00 bits per heavy atom. The highest BCUT2D eigenvalue weighted by Crippen LogP contribution is 2.41. The lowest BCUT2D eigenvalue weighted by Gasteiger charge is -2.50. The number of nitrogen functional groups attached to an aromatic ring is 3. The first-order chi connectivity index (χ1) is 21.5. The first-order valence-corrected chi connectivity index (χ1v) is 15.9. The number of para-hydroxylation sites is 1. The number of amides is 2. The van der Waals surface area contributed by atoms with Gasteiger partial charge in [-0.25, -0.2) is 9.78 Å². The number of thiazole rings is 1. The van der Waals surface area contributed by atoms with Crippen LogP contribution in [0.15, 0.2) is 63.4 Å². The number of hydrogen-bond acceptors (Lipinski definition) is 15.